The van der Waals surface area contributed by atoms with Crippen LogP contribution in [-0.2, 0) is 3.67 Å². The zero-order chi connectivity index (χ0) is 5.11. The molecule has 7 heavy (non-hydrogen) atoms. The molecule has 0 aliphatic rings. The van der Waals surface area contributed by atoms with Crippen molar-refractivity contribution in [1.29, 1.82) is 0 Å². The molecule has 0 aliphatic heterocycles. The van der Waals surface area contributed by atoms with Crippen molar-refractivity contribution in [3.8, 4) is 0 Å². The van der Waals surface area contributed by atoms with Gasteiger partial charge in [0.25, 0.3) is 0 Å². The quantitative estimate of drug-likeness (QED) is 0.488. The molecule has 0 spiro atoms. The van der Waals surface area contributed by atoms with Crippen LogP contribution < -0.4 is 0 Å². The van der Waals surface area contributed by atoms with Gasteiger partial charge in [-0.25, -0.2) is 0 Å². The summed E-state index contributed by atoms with van der Waals surface area (Å²) in [5.74, 6) is 0. The Labute approximate surface area is 58.9 Å². The zero-order valence-electron chi connectivity index (χ0n) is 4.18. The van der Waals surface area contributed by atoms with Gasteiger partial charge in [-0.2, -0.15) is 0 Å². The van der Waals surface area contributed by atoms with Crippen molar-refractivity contribution in [2.75, 3.05) is 0 Å². The van der Waals surface area contributed by atoms with Gasteiger partial charge in [-0.1, -0.05) is 0 Å². The van der Waals surface area contributed by atoms with Gasteiger partial charge in [0.2, 0.25) is 0 Å². The van der Waals surface area contributed by atoms with Crippen molar-refractivity contribution in [2.24, 2.45) is 0 Å². The van der Waals surface area contributed by atoms with Gasteiger partial charge in [0.1, 0.15) is 0 Å². The molecule has 0 aromatic carbocycles. The predicted octanol–water partition coefficient (Wildman–Crippen LogP) is -0.527. The number of hydrogen-bond donors (Lipinski definition) is 1. The SMILES string of the molecule is [Na][CH2]c1c[nH]nn1. The van der Waals surface area contributed by atoms with Gasteiger partial charge in [-0.05, 0) is 0 Å². The fourth-order valence-electron chi connectivity index (χ4n) is 0.398. The van der Waals surface area contributed by atoms with E-state index >= 15 is 0 Å². The van der Waals surface area contributed by atoms with Crippen LogP contribution in [-0.4, -0.2) is 43.3 Å². The molecule has 32 valence electrons. The van der Waals surface area contributed by atoms with E-state index in [4.69, 9.17) is 0 Å². The predicted molar refractivity (Wildman–Crippen MR) is 25.8 cm³/mol. The molecule has 1 rings (SSSR count). The van der Waals surface area contributed by atoms with Crippen molar-refractivity contribution in [3.05, 3.63) is 11.9 Å². The van der Waals surface area contributed by atoms with Crippen LogP contribution >= 0.6 is 0 Å². The second-order valence-electron chi connectivity index (χ2n) is 1.32. The van der Waals surface area contributed by atoms with Gasteiger partial charge < -0.3 is 0 Å². The van der Waals surface area contributed by atoms with Crippen LogP contribution in [0.25, 0.3) is 0 Å². The van der Waals surface area contributed by atoms with E-state index in [1.54, 1.807) is 0 Å². The Kier molecular flexibility index (Phi) is 1.85. The topological polar surface area (TPSA) is 41.6 Å². The third-order valence-corrected chi connectivity index (χ3v) is 1.55. The summed E-state index contributed by atoms with van der Waals surface area (Å²) in [6.07, 6.45) is 1.83. The van der Waals surface area contributed by atoms with Crippen LogP contribution in [0, 0.1) is 0 Å². The third-order valence-electron chi connectivity index (χ3n) is 0.830. The molecule has 0 bridgehead atoms. The molecule has 1 N–H and O–H groups in total. The van der Waals surface area contributed by atoms with Crippen LogP contribution in [0.1, 0.15) is 5.69 Å². The molecule has 0 aliphatic carbocycles. The number of rotatable bonds is 1. The molecule has 0 atom stereocenters. The van der Waals surface area contributed by atoms with Crippen LogP contribution in [0.5, 0.6) is 0 Å². The van der Waals surface area contributed by atoms with E-state index in [0.29, 0.717) is 0 Å². The zero-order valence-corrected chi connectivity index (χ0v) is 6.18. The molecular weight excluding hydrogens is 101 g/mol. The van der Waals surface area contributed by atoms with Crippen molar-refractivity contribution >= 4 is 27.9 Å². The molecule has 0 unspecified atom stereocenters. The number of nitrogens with one attached hydrogen (secondary N) is 1. The summed E-state index contributed by atoms with van der Waals surface area (Å²) in [6, 6.07) is 0. The minimum atomic E-state index is 1.08. The Morgan fingerprint density at radius 3 is 3.00 bits per heavy atom. The van der Waals surface area contributed by atoms with Crippen LogP contribution in [0.15, 0.2) is 6.20 Å². The van der Waals surface area contributed by atoms with E-state index in [0.717, 1.165) is 9.36 Å². The molecule has 0 saturated heterocycles. The summed E-state index contributed by atoms with van der Waals surface area (Å²) in [5, 5.41) is 9.95. The first-order valence-electron chi connectivity index (χ1n) is 2.29. The molecule has 0 saturated carbocycles. The number of aromatic nitrogens is 3. The van der Waals surface area contributed by atoms with E-state index < -0.39 is 0 Å². The molecule has 1 heterocycles. The Morgan fingerprint density at radius 1 is 1.86 bits per heavy atom. The Bertz CT molecular complexity index is 125. The second kappa shape index (κ2) is 2.45. The Morgan fingerprint density at radius 2 is 2.71 bits per heavy atom. The molecule has 0 amide bonds. The van der Waals surface area contributed by atoms with Gasteiger partial charge in [0.05, 0.1) is 0 Å². The first-order chi connectivity index (χ1) is 3.43. The fourth-order valence-corrected chi connectivity index (χ4v) is 0.744. The van der Waals surface area contributed by atoms with Crippen LogP contribution in [0.4, 0.5) is 0 Å². The van der Waals surface area contributed by atoms with E-state index in [9.17, 15) is 0 Å². The first-order valence-corrected chi connectivity index (χ1v) is 3.70. The average molecular weight is 105 g/mol. The second-order valence-corrected chi connectivity index (χ2v) is 2.03. The summed E-state index contributed by atoms with van der Waals surface area (Å²) in [5.41, 5.74) is 1.08. The number of H-pyrrole nitrogens is 1. The van der Waals surface area contributed by atoms with Crippen LogP contribution in [0.3, 0.4) is 0 Å². The Balaban J connectivity index is 2.76. The first kappa shape index (κ1) is 5.28. The van der Waals surface area contributed by atoms with Crippen molar-refractivity contribution in [1.82, 2.24) is 15.4 Å². The molecular formula is C3H4N3Na. The van der Waals surface area contributed by atoms with Gasteiger partial charge in [0, 0.05) is 0 Å². The molecule has 1 aromatic heterocycles. The number of hydrogen-bond acceptors (Lipinski definition) is 2. The van der Waals surface area contributed by atoms with Crippen molar-refractivity contribution in [3.63, 3.8) is 0 Å². The summed E-state index contributed by atoms with van der Waals surface area (Å²) < 4.78 is 1.09. The monoisotopic (exact) mass is 105 g/mol. The van der Waals surface area contributed by atoms with E-state index in [-0.39, 0.29) is 0 Å². The number of nitrogens with zero attached hydrogens (tertiary/aromatic N) is 2. The standard InChI is InChI=1S/C3H4N3.Na/c1-3-2-4-6-5-3;/h2H,1H2,(H,4,5,6);. The molecule has 1 aromatic rings. The van der Waals surface area contributed by atoms with Gasteiger partial charge >= 0.3 is 58.9 Å². The average Bonchev–Trinajstić information content (AvgIpc) is 2.14. The van der Waals surface area contributed by atoms with Gasteiger partial charge in [-0.15, -0.1) is 0 Å². The van der Waals surface area contributed by atoms with Gasteiger partial charge in [0.15, 0.2) is 0 Å². The Hall–Kier alpha value is 0.140. The van der Waals surface area contributed by atoms with Gasteiger partial charge in [-0.3, -0.25) is 0 Å². The van der Waals surface area contributed by atoms with Crippen molar-refractivity contribution < 1.29 is 0 Å². The normalized spacial score (nSPS) is 9.43. The summed E-state index contributed by atoms with van der Waals surface area (Å²) in [7, 11) is 0. The summed E-state index contributed by atoms with van der Waals surface area (Å²) in [4.78, 5) is 0. The maximum absolute atomic E-state index is 3.76. The van der Waals surface area contributed by atoms with E-state index in [1.807, 2.05) is 6.20 Å². The van der Waals surface area contributed by atoms with E-state index in [1.165, 1.54) is 27.9 Å². The molecule has 4 heteroatoms. The summed E-state index contributed by atoms with van der Waals surface area (Å²) in [6.45, 7) is 0. The van der Waals surface area contributed by atoms with Crippen molar-refractivity contribution in [2.45, 2.75) is 3.67 Å². The summed E-state index contributed by atoms with van der Waals surface area (Å²) >= 11 is 1.17. The third kappa shape index (κ3) is 1.26. The van der Waals surface area contributed by atoms with E-state index in [2.05, 4.69) is 15.4 Å². The molecule has 0 fully saturated rings. The minimum absolute atomic E-state index is 1.08. The van der Waals surface area contributed by atoms with Crippen LogP contribution in [0.2, 0.25) is 0 Å². The molecule has 3 nitrogen and oxygen atoms in total. The fraction of sp³-hybridized carbons (Fsp3) is 0.333. The molecule has 0 radical (unpaired) electrons. The number of aromatic amines is 1. The maximum atomic E-state index is 3.76.